The molecule has 0 N–H and O–H groups in total. The molecule has 2 rings (SSSR count). The molecule has 0 bridgehead atoms. The first-order valence-corrected chi connectivity index (χ1v) is 6.49. The van der Waals surface area contributed by atoms with Crippen LogP contribution in [0.15, 0.2) is 45.7 Å². The average Bonchev–Trinajstić information content (AvgIpc) is 2.68. The standard InChI is InChI=1S/C12H9Br2FO/c13-11(10-5-6-16-12(10)14)7-8-1-3-9(15)4-2-8/h1-6,11H,7H2. The zero-order valence-corrected chi connectivity index (χ0v) is 11.5. The van der Waals surface area contributed by atoms with E-state index in [-0.39, 0.29) is 10.6 Å². The average molecular weight is 348 g/mol. The third kappa shape index (κ3) is 2.74. The zero-order valence-electron chi connectivity index (χ0n) is 8.29. The van der Waals surface area contributed by atoms with Crippen LogP contribution >= 0.6 is 31.9 Å². The number of hydrogen-bond acceptors (Lipinski definition) is 1. The van der Waals surface area contributed by atoms with Crippen molar-refractivity contribution in [3.63, 3.8) is 0 Å². The number of alkyl halides is 1. The predicted molar refractivity (Wildman–Crippen MR) is 68.2 cm³/mol. The van der Waals surface area contributed by atoms with Crippen LogP contribution in [0.3, 0.4) is 0 Å². The van der Waals surface area contributed by atoms with Crippen molar-refractivity contribution in [1.82, 2.24) is 0 Å². The third-order valence-electron chi connectivity index (χ3n) is 2.31. The summed E-state index contributed by atoms with van der Waals surface area (Å²) in [5.41, 5.74) is 2.14. The molecule has 1 unspecified atom stereocenters. The first-order valence-electron chi connectivity index (χ1n) is 4.78. The van der Waals surface area contributed by atoms with Crippen molar-refractivity contribution in [2.75, 3.05) is 0 Å². The normalized spacial score (nSPS) is 12.7. The maximum atomic E-state index is 12.7. The molecule has 0 saturated carbocycles. The molecule has 0 aliphatic heterocycles. The lowest BCUT2D eigenvalue weighted by atomic mass is 10.1. The molecular formula is C12H9Br2FO. The Morgan fingerprint density at radius 3 is 2.44 bits per heavy atom. The summed E-state index contributed by atoms with van der Waals surface area (Å²) in [7, 11) is 0. The molecule has 0 spiro atoms. The lowest BCUT2D eigenvalue weighted by Crippen LogP contribution is -1.94. The van der Waals surface area contributed by atoms with E-state index in [0.29, 0.717) is 0 Å². The molecule has 1 heterocycles. The molecule has 16 heavy (non-hydrogen) atoms. The minimum absolute atomic E-state index is 0.158. The van der Waals surface area contributed by atoms with Crippen molar-refractivity contribution in [2.45, 2.75) is 11.2 Å². The largest absolute Gasteiger partial charge is 0.457 e. The van der Waals surface area contributed by atoms with E-state index in [1.165, 1.54) is 12.1 Å². The van der Waals surface area contributed by atoms with E-state index in [0.717, 1.165) is 22.2 Å². The Labute approximate surface area is 110 Å². The number of halogens is 3. The highest BCUT2D eigenvalue weighted by molar-refractivity contribution is 9.10. The monoisotopic (exact) mass is 346 g/mol. The molecule has 1 aromatic carbocycles. The highest BCUT2D eigenvalue weighted by Gasteiger charge is 2.14. The first-order chi connectivity index (χ1) is 7.66. The van der Waals surface area contributed by atoms with Gasteiger partial charge in [0.1, 0.15) is 5.82 Å². The van der Waals surface area contributed by atoms with Crippen LogP contribution in [-0.4, -0.2) is 0 Å². The van der Waals surface area contributed by atoms with Gasteiger partial charge in [0, 0.05) is 10.4 Å². The van der Waals surface area contributed by atoms with Gasteiger partial charge in [0.25, 0.3) is 0 Å². The SMILES string of the molecule is Fc1ccc(CC(Br)c2ccoc2Br)cc1. The summed E-state index contributed by atoms with van der Waals surface area (Å²) in [4.78, 5) is 0.158. The van der Waals surface area contributed by atoms with Crippen LogP contribution in [0.4, 0.5) is 4.39 Å². The van der Waals surface area contributed by atoms with Gasteiger partial charge < -0.3 is 4.42 Å². The van der Waals surface area contributed by atoms with E-state index in [1.807, 2.05) is 6.07 Å². The molecule has 1 nitrogen and oxygen atoms in total. The van der Waals surface area contributed by atoms with Gasteiger partial charge in [-0.05, 0) is 46.1 Å². The molecular weight excluding hydrogens is 339 g/mol. The van der Waals surface area contributed by atoms with Crippen LogP contribution in [0.1, 0.15) is 16.0 Å². The van der Waals surface area contributed by atoms with Gasteiger partial charge in [-0.25, -0.2) is 4.39 Å². The second-order valence-corrected chi connectivity index (χ2v) is 5.27. The van der Waals surface area contributed by atoms with Gasteiger partial charge >= 0.3 is 0 Å². The van der Waals surface area contributed by atoms with Crippen molar-refractivity contribution in [3.05, 3.63) is 58.2 Å². The Balaban J connectivity index is 2.10. The Morgan fingerprint density at radius 1 is 1.19 bits per heavy atom. The summed E-state index contributed by atoms with van der Waals surface area (Å²) < 4.78 is 18.6. The minimum atomic E-state index is -0.209. The van der Waals surface area contributed by atoms with Crippen molar-refractivity contribution in [3.8, 4) is 0 Å². The van der Waals surface area contributed by atoms with E-state index in [4.69, 9.17) is 4.42 Å². The second-order valence-electron chi connectivity index (χ2n) is 3.45. The highest BCUT2D eigenvalue weighted by atomic mass is 79.9. The van der Waals surface area contributed by atoms with Crippen LogP contribution in [0.2, 0.25) is 0 Å². The van der Waals surface area contributed by atoms with E-state index >= 15 is 0 Å². The number of hydrogen-bond donors (Lipinski definition) is 0. The third-order valence-corrected chi connectivity index (χ3v) is 3.77. The van der Waals surface area contributed by atoms with E-state index < -0.39 is 0 Å². The topological polar surface area (TPSA) is 13.1 Å². The van der Waals surface area contributed by atoms with E-state index in [2.05, 4.69) is 31.9 Å². The molecule has 1 atom stereocenters. The molecule has 0 saturated heterocycles. The molecule has 2 aromatic rings. The molecule has 84 valence electrons. The molecule has 4 heteroatoms. The summed E-state index contributed by atoms with van der Waals surface area (Å²) in [6, 6.07) is 8.43. The minimum Gasteiger partial charge on any atom is -0.457 e. The fourth-order valence-electron chi connectivity index (χ4n) is 1.47. The summed E-state index contributed by atoms with van der Waals surface area (Å²) in [6.45, 7) is 0. The molecule has 1 aromatic heterocycles. The smallest absolute Gasteiger partial charge is 0.173 e. The van der Waals surface area contributed by atoms with E-state index in [9.17, 15) is 4.39 Å². The summed E-state index contributed by atoms with van der Waals surface area (Å²) in [5.74, 6) is -0.209. The lowest BCUT2D eigenvalue weighted by Gasteiger charge is -2.08. The Morgan fingerprint density at radius 2 is 1.88 bits per heavy atom. The van der Waals surface area contributed by atoms with Gasteiger partial charge in [0.15, 0.2) is 4.67 Å². The van der Waals surface area contributed by atoms with Crippen molar-refractivity contribution in [1.29, 1.82) is 0 Å². The molecule has 0 fully saturated rings. The van der Waals surface area contributed by atoms with E-state index in [1.54, 1.807) is 18.4 Å². The predicted octanol–water partition coefficient (Wildman–Crippen LogP) is 4.86. The van der Waals surface area contributed by atoms with Gasteiger partial charge in [-0.1, -0.05) is 28.1 Å². The van der Waals surface area contributed by atoms with Crippen LogP contribution in [0.25, 0.3) is 0 Å². The van der Waals surface area contributed by atoms with Crippen LogP contribution < -0.4 is 0 Å². The fourth-order valence-corrected chi connectivity index (χ4v) is 3.02. The van der Waals surface area contributed by atoms with Gasteiger partial charge in [0.2, 0.25) is 0 Å². The second kappa shape index (κ2) is 5.15. The summed E-state index contributed by atoms with van der Waals surface area (Å²) in [5, 5.41) is 0. The van der Waals surface area contributed by atoms with Gasteiger partial charge in [0.05, 0.1) is 6.26 Å². The first kappa shape index (κ1) is 11.9. The number of rotatable bonds is 3. The fraction of sp³-hybridized carbons (Fsp3) is 0.167. The molecule has 0 aliphatic carbocycles. The molecule has 0 radical (unpaired) electrons. The Bertz CT molecular complexity index is 464. The maximum absolute atomic E-state index is 12.7. The van der Waals surface area contributed by atoms with Gasteiger partial charge in [-0.3, -0.25) is 0 Å². The lowest BCUT2D eigenvalue weighted by molar-refractivity contribution is 0.536. The van der Waals surface area contributed by atoms with Gasteiger partial charge in [-0.15, -0.1) is 0 Å². The highest BCUT2D eigenvalue weighted by Crippen LogP contribution is 2.33. The van der Waals surface area contributed by atoms with Crippen LogP contribution in [-0.2, 0) is 6.42 Å². The molecule has 0 amide bonds. The maximum Gasteiger partial charge on any atom is 0.173 e. The van der Waals surface area contributed by atoms with Gasteiger partial charge in [-0.2, -0.15) is 0 Å². The molecule has 0 aliphatic rings. The number of benzene rings is 1. The Hall–Kier alpha value is -0.610. The Kier molecular flexibility index (Phi) is 3.82. The summed E-state index contributed by atoms with van der Waals surface area (Å²) >= 11 is 6.92. The van der Waals surface area contributed by atoms with Crippen molar-refractivity contribution < 1.29 is 8.81 Å². The van der Waals surface area contributed by atoms with Crippen molar-refractivity contribution >= 4 is 31.9 Å². The van der Waals surface area contributed by atoms with Crippen molar-refractivity contribution in [2.24, 2.45) is 0 Å². The quantitative estimate of drug-likeness (QED) is 0.722. The van der Waals surface area contributed by atoms with Crippen LogP contribution in [0, 0.1) is 5.82 Å². The van der Waals surface area contributed by atoms with Crippen LogP contribution in [0.5, 0.6) is 0 Å². The number of furan rings is 1. The zero-order chi connectivity index (χ0) is 11.5. The summed E-state index contributed by atoms with van der Waals surface area (Å²) in [6.07, 6.45) is 2.43.